The number of carbonyl (C=O) groups is 1. The van der Waals surface area contributed by atoms with Gasteiger partial charge in [0.2, 0.25) is 0 Å². The molecular weight excluding hydrogens is 254 g/mol. The quantitative estimate of drug-likeness (QED) is 0.754. The Balaban J connectivity index is 2.37. The Labute approximate surface area is 121 Å². The predicted octanol–water partition coefficient (Wildman–Crippen LogP) is 3.13. The lowest BCUT2D eigenvalue weighted by Crippen LogP contribution is -2.32. The Bertz CT molecular complexity index is 403. The maximum absolute atomic E-state index is 10.7. The summed E-state index contributed by atoms with van der Waals surface area (Å²) in [4.78, 5) is 13.1. The highest BCUT2D eigenvalue weighted by atomic mass is 16.5. The minimum absolute atomic E-state index is 0.282. The SMILES string of the molecule is CCC(C)CN(CC)CCOc1ccc(C(=O)O)cc1. The maximum Gasteiger partial charge on any atom is 0.335 e. The van der Waals surface area contributed by atoms with Gasteiger partial charge in [-0.15, -0.1) is 0 Å². The summed E-state index contributed by atoms with van der Waals surface area (Å²) in [6.07, 6.45) is 1.19. The lowest BCUT2D eigenvalue weighted by molar-refractivity contribution is 0.0697. The fourth-order valence-corrected chi connectivity index (χ4v) is 1.93. The Hall–Kier alpha value is -1.55. The molecular formula is C16H25NO3. The summed E-state index contributed by atoms with van der Waals surface area (Å²) in [6, 6.07) is 6.53. The molecule has 0 saturated heterocycles. The zero-order valence-corrected chi connectivity index (χ0v) is 12.6. The molecule has 0 aliphatic carbocycles. The zero-order chi connectivity index (χ0) is 15.0. The smallest absolute Gasteiger partial charge is 0.335 e. The van der Waals surface area contributed by atoms with Crippen LogP contribution in [-0.4, -0.2) is 42.2 Å². The van der Waals surface area contributed by atoms with E-state index in [0.717, 1.165) is 25.4 Å². The molecule has 1 atom stereocenters. The summed E-state index contributed by atoms with van der Waals surface area (Å²) in [5.74, 6) is 0.502. The van der Waals surface area contributed by atoms with Crippen LogP contribution in [0, 0.1) is 5.92 Å². The van der Waals surface area contributed by atoms with Crippen LogP contribution < -0.4 is 4.74 Å². The minimum Gasteiger partial charge on any atom is -0.492 e. The van der Waals surface area contributed by atoms with E-state index in [1.54, 1.807) is 24.3 Å². The van der Waals surface area contributed by atoms with Gasteiger partial charge in [0.15, 0.2) is 0 Å². The predicted molar refractivity (Wildman–Crippen MR) is 80.5 cm³/mol. The average Bonchev–Trinajstić information content (AvgIpc) is 2.46. The fourth-order valence-electron chi connectivity index (χ4n) is 1.93. The minimum atomic E-state index is -0.915. The van der Waals surface area contributed by atoms with Crippen LogP contribution in [-0.2, 0) is 0 Å². The van der Waals surface area contributed by atoms with E-state index >= 15 is 0 Å². The molecule has 0 heterocycles. The van der Waals surface area contributed by atoms with Gasteiger partial charge in [-0.3, -0.25) is 4.90 Å². The van der Waals surface area contributed by atoms with Gasteiger partial charge in [-0.1, -0.05) is 27.2 Å². The van der Waals surface area contributed by atoms with Gasteiger partial charge >= 0.3 is 5.97 Å². The van der Waals surface area contributed by atoms with Crippen molar-refractivity contribution >= 4 is 5.97 Å². The molecule has 4 heteroatoms. The second kappa shape index (κ2) is 8.59. The summed E-state index contributed by atoms with van der Waals surface area (Å²) in [6.45, 7) is 10.2. The standard InChI is InChI=1S/C16H25NO3/c1-4-13(3)12-17(5-2)10-11-20-15-8-6-14(7-9-15)16(18)19/h6-9,13H,4-5,10-12H2,1-3H3,(H,18,19). The molecule has 1 aromatic carbocycles. The molecule has 0 amide bonds. The first-order chi connectivity index (χ1) is 9.56. The van der Waals surface area contributed by atoms with Gasteiger partial charge in [0, 0.05) is 13.1 Å². The molecule has 0 aliphatic rings. The number of benzene rings is 1. The van der Waals surface area contributed by atoms with E-state index in [9.17, 15) is 4.79 Å². The molecule has 0 aromatic heterocycles. The molecule has 0 saturated carbocycles. The summed E-state index contributed by atoms with van der Waals surface area (Å²) in [5, 5.41) is 8.82. The van der Waals surface area contributed by atoms with Gasteiger partial charge in [-0.25, -0.2) is 4.79 Å². The van der Waals surface area contributed by atoms with Gasteiger partial charge in [0.05, 0.1) is 5.56 Å². The van der Waals surface area contributed by atoms with E-state index in [1.165, 1.54) is 6.42 Å². The number of carboxylic acid groups (broad SMARTS) is 1. The van der Waals surface area contributed by atoms with Crippen molar-refractivity contribution in [2.45, 2.75) is 27.2 Å². The number of ether oxygens (including phenoxy) is 1. The summed E-state index contributed by atoms with van der Waals surface area (Å²) in [7, 11) is 0. The van der Waals surface area contributed by atoms with Crippen LogP contribution in [0.4, 0.5) is 0 Å². The van der Waals surface area contributed by atoms with E-state index in [4.69, 9.17) is 9.84 Å². The molecule has 0 spiro atoms. The molecule has 0 bridgehead atoms. The maximum atomic E-state index is 10.7. The van der Waals surface area contributed by atoms with Crippen LogP contribution in [0.25, 0.3) is 0 Å². The Morgan fingerprint density at radius 3 is 2.45 bits per heavy atom. The zero-order valence-electron chi connectivity index (χ0n) is 12.6. The van der Waals surface area contributed by atoms with Crippen molar-refractivity contribution in [3.05, 3.63) is 29.8 Å². The Morgan fingerprint density at radius 1 is 1.30 bits per heavy atom. The molecule has 20 heavy (non-hydrogen) atoms. The lowest BCUT2D eigenvalue weighted by Gasteiger charge is -2.23. The summed E-state index contributed by atoms with van der Waals surface area (Å²) in [5.41, 5.74) is 0.282. The van der Waals surface area contributed by atoms with Crippen molar-refractivity contribution < 1.29 is 14.6 Å². The number of likely N-dealkylation sites (N-methyl/N-ethyl adjacent to an activating group) is 1. The molecule has 0 fully saturated rings. The second-order valence-electron chi connectivity index (χ2n) is 5.08. The van der Waals surface area contributed by atoms with E-state index in [-0.39, 0.29) is 5.56 Å². The van der Waals surface area contributed by atoms with Crippen molar-refractivity contribution in [1.82, 2.24) is 4.90 Å². The van der Waals surface area contributed by atoms with Gasteiger partial charge in [-0.05, 0) is 36.7 Å². The van der Waals surface area contributed by atoms with E-state index in [0.29, 0.717) is 12.5 Å². The Morgan fingerprint density at radius 2 is 1.95 bits per heavy atom. The first-order valence-corrected chi connectivity index (χ1v) is 7.25. The van der Waals surface area contributed by atoms with Crippen molar-refractivity contribution in [2.75, 3.05) is 26.2 Å². The Kier molecular flexibility index (Phi) is 7.09. The van der Waals surface area contributed by atoms with E-state index in [2.05, 4.69) is 25.7 Å². The number of nitrogens with zero attached hydrogens (tertiary/aromatic N) is 1. The highest BCUT2D eigenvalue weighted by molar-refractivity contribution is 5.87. The number of hydrogen-bond acceptors (Lipinski definition) is 3. The average molecular weight is 279 g/mol. The number of hydrogen-bond donors (Lipinski definition) is 1. The van der Waals surface area contributed by atoms with Gasteiger partial charge in [0.1, 0.15) is 12.4 Å². The van der Waals surface area contributed by atoms with Crippen LogP contribution in [0.5, 0.6) is 5.75 Å². The molecule has 0 aliphatic heterocycles. The van der Waals surface area contributed by atoms with Crippen LogP contribution in [0.15, 0.2) is 24.3 Å². The number of carboxylic acids is 1. The van der Waals surface area contributed by atoms with Crippen molar-refractivity contribution in [3.63, 3.8) is 0 Å². The topological polar surface area (TPSA) is 49.8 Å². The second-order valence-corrected chi connectivity index (χ2v) is 5.08. The summed E-state index contributed by atoms with van der Waals surface area (Å²) < 4.78 is 5.65. The van der Waals surface area contributed by atoms with Gasteiger partial charge in [0.25, 0.3) is 0 Å². The highest BCUT2D eigenvalue weighted by Crippen LogP contribution is 2.12. The fraction of sp³-hybridized carbons (Fsp3) is 0.562. The molecule has 1 N–H and O–H groups in total. The first kappa shape index (κ1) is 16.5. The molecule has 112 valence electrons. The van der Waals surface area contributed by atoms with Crippen molar-refractivity contribution in [1.29, 1.82) is 0 Å². The lowest BCUT2D eigenvalue weighted by atomic mass is 10.1. The third-order valence-electron chi connectivity index (χ3n) is 3.49. The van der Waals surface area contributed by atoms with Crippen molar-refractivity contribution in [3.8, 4) is 5.75 Å². The van der Waals surface area contributed by atoms with Crippen LogP contribution in [0.3, 0.4) is 0 Å². The molecule has 1 aromatic rings. The number of aromatic carboxylic acids is 1. The van der Waals surface area contributed by atoms with Gasteiger partial charge < -0.3 is 9.84 Å². The van der Waals surface area contributed by atoms with Crippen LogP contribution >= 0.6 is 0 Å². The monoisotopic (exact) mass is 279 g/mol. The van der Waals surface area contributed by atoms with Gasteiger partial charge in [-0.2, -0.15) is 0 Å². The molecule has 1 rings (SSSR count). The number of rotatable bonds is 9. The van der Waals surface area contributed by atoms with Crippen molar-refractivity contribution in [2.24, 2.45) is 5.92 Å². The van der Waals surface area contributed by atoms with Crippen LogP contribution in [0.1, 0.15) is 37.6 Å². The third-order valence-corrected chi connectivity index (χ3v) is 3.49. The molecule has 4 nitrogen and oxygen atoms in total. The summed E-state index contributed by atoms with van der Waals surface area (Å²) >= 11 is 0. The largest absolute Gasteiger partial charge is 0.492 e. The first-order valence-electron chi connectivity index (χ1n) is 7.25. The highest BCUT2D eigenvalue weighted by Gasteiger charge is 2.07. The third kappa shape index (κ3) is 5.61. The normalized spacial score (nSPS) is 12.4. The van der Waals surface area contributed by atoms with E-state index < -0.39 is 5.97 Å². The molecule has 0 radical (unpaired) electrons. The van der Waals surface area contributed by atoms with E-state index in [1.807, 2.05) is 0 Å². The van der Waals surface area contributed by atoms with Crippen LogP contribution in [0.2, 0.25) is 0 Å². The molecule has 1 unspecified atom stereocenters.